The standard InChI is InChI=1S/C19H20BrClN2O5/c1-3-26-15-8-12(13(20)10-16(15)27-4-2)9-18(25)28-11-17(24)23-14-6-5-7-22-19(14)21/h5-8,10H,3-4,9,11H2,1-2H3,(H,23,24). The van der Waals surface area contributed by atoms with Crippen LogP contribution in [0, 0.1) is 0 Å². The number of anilines is 1. The van der Waals surface area contributed by atoms with Gasteiger partial charge in [0.15, 0.2) is 23.3 Å². The molecule has 0 aliphatic heterocycles. The monoisotopic (exact) mass is 470 g/mol. The van der Waals surface area contributed by atoms with E-state index in [4.69, 9.17) is 25.8 Å². The number of ether oxygens (including phenoxy) is 3. The van der Waals surface area contributed by atoms with Crippen LogP contribution >= 0.6 is 27.5 Å². The van der Waals surface area contributed by atoms with Gasteiger partial charge in [-0.25, -0.2) is 4.98 Å². The van der Waals surface area contributed by atoms with Crippen LogP contribution in [0.2, 0.25) is 5.15 Å². The smallest absolute Gasteiger partial charge is 0.310 e. The fourth-order valence-electron chi connectivity index (χ4n) is 2.27. The Bertz CT molecular complexity index is 847. The normalized spacial score (nSPS) is 10.3. The SMILES string of the molecule is CCOc1cc(Br)c(CC(=O)OCC(=O)Nc2cccnc2Cl)cc1OCC. The van der Waals surface area contributed by atoms with Crippen molar-refractivity contribution in [2.24, 2.45) is 0 Å². The van der Waals surface area contributed by atoms with Crippen molar-refractivity contribution >= 4 is 45.1 Å². The van der Waals surface area contributed by atoms with E-state index in [0.29, 0.717) is 40.4 Å². The first-order valence-electron chi connectivity index (χ1n) is 8.58. The van der Waals surface area contributed by atoms with Gasteiger partial charge in [0.25, 0.3) is 5.91 Å². The largest absolute Gasteiger partial charge is 0.490 e. The lowest BCUT2D eigenvalue weighted by molar-refractivity contribution is -0.146. The van der Waals surface area contributed by atoms with E-state index in [1.165, 1.54) is 6.20 Å². The van der Waals surface area contributed by atoms with Crippen molar-refractivity contribution in [1.29, 1.82) is 0 Å². The number of carbonyl (C=O) groups excluding carboxylic acids is 2. The Hall–Kier alpha value is -2.32. The third kappa shape index (κ3) is 6.38. The molecule has 0 saturated carbocycles. The van der Waals surface area contributed by atoms with Crippen LogP contribution < -0.4 is 14.8 Å². The minimum Gasteiger partial charge on any atom is -0.490 e. The number of amides is 1. The molecule has 2 rings (SSSR count). The Balaban J connectivity index is 1.96. The zero-order chi connectivity index (χ0) is 20.5. The summed E-state index contributed by atoms with van der Waals surface area (Å²) in [5, 5.41) is 2.69. The molecule has 28 heavy (non-hydrogen) atoms. The predicted octanol–water partition coefficient (Wildman–Crippen LogP) is 4.02. The second-order valence-corrected chi connectivity index (χ2v) is 6.70. The summed E-state index contributed by atoms with van der Waals surface area (Å²) >= 11 is 9.29. The minimum absolute atomic E-state index is 0.0337. The number of benzene rings is 1. The molecule has 1 heterocycles. The number of hydrogen-bond donors (Lipinski definition) is 1. The van der Waals surface area contributed by atoms with Gasteiger partial charge in [-0.3, -0.25) is 9.59 Å². The first kappa shape index (κ1) is 22.0. The van der Waals surface area contributed by atoms with Crippen LogP contribution in [0.5, 0.6) is 11.5 Å². The maximum atomic E-state index is 12.1. The molecule has 2 aromatic rings. The third-order valence-corrected chi connectivity index (χ3v) is 4.48. The average molecular weight is 472 g/mol. The van der Waals surface area contributed by atoms with E-state index in [2.05, 4.69) is 26.2 Å². The summed E-state index contributed by atoms with van der Waals surface area (Å²) in [6, 6.07) is 6.69. The molecule has 150 valence electrons. The van der Waals surface area contributed by atoms with Crippen molar-refractivity contribution in [2.75, 3.05) is 25.1 Å². The zero-order valence-corrected chi connectivity index (χ0v) is 17.8. The molecular weight excluding hydrogens is 452 g/mol. The fraction of sp³-hybridized carbons (Fsp3) is 0.316. The summed E-state index contributed by atoms with van der Waals surface area (Å²) in [6.45, 7) is 4.25. The number of pyridine rings is 1. The van der Waals surface area contributed by atoms with Gasteiger partial charge in [0, 0.05) is 10.7 Å². The van der Waals surface area contributed by atoms with Gasteiger partial charge in [-0.2, -0.15) is 0 Å². The number of nitrogens with zero attached hydrogens (tertiary/aromatic N) is 1. The number of hydrogen-bond acceptors (Lipinski definition) is 6. The number of aromatic nitrogens is 1. The van der Waals surface area contributed by atoms with Gasteiger partial charge in [-0.05, 0) is 43.7 Å². The molecule has 0 aliphatic carbocycles. The number of nitrogens with one attached hydrogen (secondary N) is 1. The van der Waals surface area contributed by atoms with Crippen LogP contribution in [0.3, 0.4) is 0 Å². The molecule has 1 amide bonds. The highest BCUT2D eigenvalue weighted by atomic mass is 79.9. The molecular formula is C19H20BrClN2O5. The second kappa shape index (κ2) is 10.9. The summed E-state index contributed by atoms with van der Waals surface area (Å²) in [7, 11) is 0. The van der Waals surface area contributed by atoms with Gasteiger partial charge in [0.1, 0.15) is 0 Å². The van der Waals surface area contributed by atoms with Crippen LogP contribution in [-0.2, 0) is 20.7 Å². The first-order chi connectivity index (χ1) is 13.4. The number of rotatable bonds is 9. The molecule has 0 fully saturated rings. The third-order valence-electron chi connectivity index (χ3n) is 3.44. The van der Waals surface area contributed by atoms with Crippen molar-refractivity contribution in [3.63, 3.8) is 0 Å². The van der Waals surface area contributed by atoms with Gasteiger partial charge in [-0.15, -0.1) is 0 Å². The van der Waals surface area contributed by atoms with Crippen LogP contribution in [0.15, 0.2) is 34.9 Å². The van der Waals surface area contributed by atoms with E-state index in [-0.39, 0.29) is 11.6 Å². The molecule has 1 aromatic heterocycles. The maximum absolute atomic E-state index is 12.1. The van der Waals surface area contributed by atoms with Crippen LogP contribution in [0.1, 0.15) is 19.4 Å². The second-order valence-electron chi connectivity index (χ2n) is 5.48. The zero-order valence-electron chi connectivity index (χ0n) is 15.5. The van der Waals surface area contributed by atoms with E-state index in [9.17, 15) is 9.59 Å². The average Bonchev–Trinajstić information content (AvgIpc) is 2.66. The Morgan fingerprint density at radius 2 is 1.86 bits per heavy atom. The molecule has 0 saturated heterocycles. The summed E-state index contributed by atoms with van der Waals surface area (Å²) in [5.74, 6) is 0.0594. The highest BCUT2D eigenvalue weighted by molar-refractivity contribution is 9.10. The molecule has 9 heteroatoms. The maximum Gasteiger partial charge on any atom is 0.310 e. The molecule has 1 N–H and O–H groups in total. The number of carbonyl (C=O) groups is 2. The lowest BCUT2D eigenvalue weighted by atomic mass is 10.1. The number of halogens is 2. The highest BCUT2D eigenvalue weighted by Crippen LogP contribution is 2.34. The van der Waals surface area contributed by atoms with E-state index in [1.54, 1.807) is 24.3 Å². The van der Waals surface area contributed by atoms with Gasteiger partial charge in [-0.1, -0.05) is 27.5 Å². The van der Waals surface area contributed by atoms with Crippen molar-refractivity contribution in [2.45, 2.75) is 20.3 Å². The lowest BCUT2D eigenvalue weighted by Gasteiger charge is -2.14. The first-order valence-corrected chi connectivity index (χ1v) is 9.75. The van der Waals surface area contributed by atoms with Crippen LogP contribution in [0.4, 0.5) is 5.69 Å². The molecule has 0 atom stereocenters. The Morgan fingerprint density at radius 3 is 2.50 bits per heavy atom. The topological polar surface area (TPSA) is 86.8 Å². The number of esters is 1. The van der Waals surface area contributed by atoms with Gasteiger partial charge >= 0.3 is 5.97 Å². The van der Waals surface area contributed by atoms with Gasteiger partial charge in [0.05, 0.1) is 25.3 Å². The lowest BCUT2D eigenvalue weighted by Crippen LogP contribution is -2.22. The van der Waals surface area contributed by atoms with Gasteiger partial charge in [0.2, 0.25) is 0 Å². The molecule has 0 bridgehead atoms. The fourth-order valence-corrected chi connectivity index (χ4v) is 2.90. The van der Waals surface area contributed by atoms with Crippen molar-refractivity contribution in [1.82, 2.24) is 4.98 Å². The Labute approximate surface area is 176 Å². The van der Waals surface area contributed by atoms with Crippen LogP contribution in [0.25, 0.3) is 0 Å². The Morgan fingerprint density at radius 1 is 1.18 bits per heavy atom. The quantitative estimate of drug-likeness (QED) is 0.439. The summed E-state index contributed by atoms with van der Waals surface area (Å²) in [5.41, 5.74) is 1.01. The molecule has 0 spiro atoms. The highest BCUT2D eigenvalue weighted by Gasteiger charge is 2.15. The van der Waals surface area contributed by atoms with Crippen LogP contribution in [-0.4, -0.2) is 36.7 Å². The summed E-state index contributed by atoms with van der Waals surface area (Å²) in [6.07, 6.45) is 1.47. The van der Waals surface area contributed by atoms with Crippen molar-refractivity contribution in [3.8, 4) is 11.5 Å². The van der Waals surface area contributed by atoms with E-state index < -0.39 is 18.5 Å². The molecule has 0 radical (unpaired) electrons. The molecule has 1 aromatic carbocycles. The van der Waals surface area contributed by atoms with Crippen molar-refractivity contribution < 1.29 is 23.8 Å². The Kier molecular flexibility index (Phi) is 8.53. The summed E-state index contributed by atoms with van der Waals surface area (Å²) in [4.78, 5) is 27.9. The van der Waals surface area contributed by atoms with E-state index >= 15 is 0 Å². The predicted molar refractivity (Wildman–Crippen MR) is 109 cm³/mol. The molecule has 7 nitrogen and oxygen atoms in total. The molecule has 0 unspecified atom stereocenters. The van der Waals surface area contributed by atoms with E-state index in [1.807, 2.05) is 13.8 Å². The van der Waals surface area contributed by atoms with E-state index in [0.717, 1.165) is 0 Å². The van der Waals surface area contributed by atoms with Crippen molar-refractivity contribution in [3.05, 3.63) is 45.7 Å². The van der Waals surface area contributed by atoms with Gasteiger partial charge < -0.3 is 19.5 Å². The molecule has 0 aliphatic rings. The summed E-state index contributed by atoms with van der Waals surface area (Å²) < 4.78 is 16.8. The minimum atomic E-state index is -0.556.